The SMILES string of the molecule is Cc1ccc(C(N)CCc2nccn2C)o1. The number of rotatable bonds is 4. The molecule has 0 aliphatic carbocycles. The highest BCUT2D eigenvalue weighted by molar-refractivity contribution is 5.09. The van der Waals surface area contributed by atoms with Gasteiger partial charge in [-0.15, -0.1) is 0 Å². The van der Waals surface area contributed by atoms with Gasteiger partial charge in [-0.1, -0.05) is 0 Å². The Balaban J connectivity index is 1.93. The van der Waals surface area contributed by atoms with Crippen molar-refractivity contribution in [1.82, 2.24) is 9.55 Å². The van der Waals surface area contributed by atoms with Crippen LogP contribution in [0.5, 0.6) is 0 Å². The smallest absolute Gasteiger partial charge is 0.120 e. The van der Waals surface area contributed by atoms with Crippen LogP contribution in [-0.4, -0.2) is 9.55 Å². The first-order valence-electron chi connectivity index (χ1n) is 5.45. The van der Waals surface area contributed by atoms with E-state index in [1.54, 1.807) is 6.20 Å². The number of nitrogens with two attached hydrogens (primary N) is 1. The number of imidazole rings is 1. The average molecular weight is 219 g/mol. The molecule has 0 aliphatic rings. The third-order valence-electron chi connectivity index (χ3n) is 2.73. The van der Waals surface area contributed by atoms with Gasteiger partial charge in [0, 0.05) is 25.9 Å². The first kappa shape index (κ1) is 11.0. The van der Waals surface area contributed by atoms with Gasteiger partial charge in [-0.3, -0.25) is 0 Å². The number of hydrogen-bond acceptors (Lipinski definition) is 3. The molecule has 2 rings (SSSR count). The van der Waals surface area contributed by atoms with Crippen molar-refractivity contribution >= 4 is 0 Å². The lowest BCUT2D eigenvalue weighted by molar-refractivity contribution is 0.432. The second-order valence-corrected chi connectivity index (χ2v) is 4.05. The summed E-state index contributed by atoms with van der Waals surface area (Å²) in [6, 6.07) is 3.83. The molecule has 0 spiro atoms. The molecule has 0 saturated carbocycles. The first-order chi connectivity index (χ1) is 7.66. The molecule has 0 aliphatic heterocycles. The Bertz CT molecular complexity index is 458. The molecule has 1 unspecified atom stereocenters. The Kier molecular flexibility index (Phi) is 3.10. The van der Waals surface area contributed by atoms with Gasteiger partial charge in [0.05, 0.1) is 6.04 Å². The summed E-state index contributed by atoms with van der Waals surface area (Å²) in [7, 11) is 1.99. The van der Waals surface area contributed by atoms with Gasteiger partial charge in [-0.25, -0.2) is 4.98 Å². The van der Waals surface area contributed by atoms with Crippen molar-refractivity contribution in [2.24, 2.45) is 12.8 Å². The largest absolute Gasteiger partial charge is 0.465 e. The summed E-state index contributed by atoms with van der Waals surface area (Å²) in [5.41, 5.74) is 6.04. The maximum Gasteiger partial charge on any atom is 0.120 e. The second-order valence-electron chi connectivity index (χ2n) is 4.05. The van der Waals surface area contributed by atoms with E-state index < -0.39 is 0 Å². The maximum absolute atomic E-state index is 6.04. The molecule has 86 valence electrons. The zero-order chi connectivity index (χ0) is 11.5. The van der Waals surface area contributed by atoms with Crippen LogP contribution in [0.3, 0.4) is 0 Å². The van der Waals surface area contributed by atoms with E-state index in [0.29, 0.717) is 0 Å². The molecule has 0 aromatic carbocycles. The zero-order valence-corrected chi connectivity index (χ0v) is 9.68. The molecular weight excluding hydrogens is 202 g/mol. The lowest BCUT2D eigenvalue weighted by atomic mass is 10.1. The summed E-state index contributed by atoms with van der Waals surface area (Å²) in [5, 5.41) is 0. The molecule has 2 aromatic rings. The molecule has 0 amide bonds. The van der Waals surface area contributed by atoms with Crippen LogP contribution in [0.1, 0.15) is 29.8 Å². The van der Waals surface area contributed by atoms with Crippen LogP contribution in [0.25, 0.3) is 0 Å². The van der Waals surface area contributed by atoms with Crippen molar-refractivity contribution in [1.29, 1.82) is 0 Å². The zero-order valence-electron chi connectivity index (χ0n) is 9.68. The fourth-order valence-corrected chi connectivity index (χ4v) is 1.72. The summed E-state index contributed by atoms with van der Waals surface area (Å²) in [5.74, 6) is 2.81. The summed E-state index contributed by atoms with van der Waals surface area (Å²) >= 11 is 0. The number of hydrogen-bond donors (Lipinski definition) is 1. The van der Waals surface area contributed by atoms with Crippen LogP contribution in [0.15, 0.2) is 28.9 Å². The van der Waals surface area contributed by atoms with Crippen LogP contribution in [0, 0.1) is 6.92 Å². The predicted molar refractivity (Wildman–Crippen MR) is 61.9 cm³/mol. The highest BCUT2D eigenvalue weighted by Crippen LogP contribution is 2.18. The minimum atomic E-state index is -0.0506. The average Bonchev–Trinajstić information content (AvgIpc) is 2.84. The molecule has 16 heavy (non-hydrogen) atoms. The van der Waals surface area contributed by atoms with Gasteiger partial charge in [-0.2, -0.15) is 0 Å². The molecule has 1 atom stereocenters. The van der Waals surface area contributed by atoms with Gasteiger partial charge in [0.15, 0.2) is 0 Å². The maximum atomic E-state index is 6.04. The van der Waals surface area contributed by atoms with Gasteiger partial charge < -0.3 is 14.7 Å². The fraction of sp³-hybridized carbons (Fsp3) is 0.417. The molecule has 4 heteroatoms. The number of aryl methyl sites for hydroxylation is 3. The van der Waals surface area contributed by atoms with Crippen molar-refractivity contribution in [3.05, 3.63) is 41.9 Å². The minimum absolute atomic E-state index is 0.0506. The Hall–Kier alpha value is -1.55. The normalized spacial score (nSPS) is 12.9. The van der Waals surface area contributed by atoms with Gasteiger partial charge >= 0.3 is 0 Å². The number of nitrogens with zero attached hydrogens (tertiary/aromatic N) is 2. The minimum Gasteiger partial charge on any atom is -0.465 e. The third-order valence-corrected chi connectivity index (χ3v) is 2.73. The van der Waals surface area contributed by atoms with Crippen molar-refractivity contribution in [3.63, 3.8) is 0 Å². The molecule has 2 N–H and O–H groups in total. The van der Waals surface area contributed by atoms with E-state index in [9.17, 15) is 0 Å². The quantitative estimate of drug-likeness (QED) is 0.855. The summed E-state index contributed by atoms with van der Waals surface area (Å²) in [6.45, 7) is 1.93. The third kappa shape index (κ3) is 2.33. The van der Waals surface area contributed by atoms with Gasteiger partial charge in [0.25, 0.3) is 0 Å². The van der Waals surface area contributed by atoms with Crippen molar-refractivity contribution in [2.75, 3.05) is 0 Å². The van der Waals surface area contributed by atoms with Crippen LogP contribution in [0.4, 0.5) is 0 Å². The van der Waals surface area contributed by atoms with E-state index in [0.717, 1.165) is 30.2 Å². The van der Waals surface area contributed by atoms with Gasteiger partial charge in [-0.05, 0) is 25.5 Å². The molecule has 2 aromatic heterocycles. The Labute approximate surface area is 95.1 Å². The van der Waals surface area contributed by atoms with Crippen LogP contribution in [-0.2, 0) is 13.5 Å². The second kappa shape index (κ2) is 4.53. The predicted octanol–water partition coefficient (Wildman–Crippen LogP) is 1.95. The summed E-state index contributed by atoms with van der Waals surface area (Å²) < 4.78 is 7.51. The lowest BCUT2D eigenvalue weighted by Gasteiger charge is -2.08. The van der Waals surface area contributed by atoms with Crippen LogP contribution >= 0.6 is 0 Å². The number of furan rings is 1. The highest BCUT2D eigenvalue weighted by Gasteiger charge is 2.11. The Morgan fingerprint density at radius 3 is 2.88 bits per heavy atom. The van der Waals surface area contributed by atoms with E-state index >= 15 is 0 Å². The molecule has 0 fully saturated rings. The van der Waals surface area contributed by atoms with Crippen molar-refractivity contribution in [2.45, 2.75) is 25.8 Å². The van der Waals surface area contributed by atoms with Gasteiger partial charge in [0.2, 0.25) is 0 Å². The molecule has 0 saturated heterocycles. The Morgan fingerprint density at radius 1 is 1.50 bits per heavy atom. The first-order valence-corrected chi connectivity index (χ1v) is 5.45. The van der Waals surface area contributed by atoms with E-state index in [2.05, 4.69) is 4.98 Å². The van der Waals surface area contributed by atoms with E-state index in [1.807, 2.05) is 36.9 Å². The fourth-order valence-electron chi connectivity index (χ4n) is 1.72. The van der Waals surface area contributed by atoms with Gasteiger partial charge in [0.1, 0.15) is 17.3 Å². The molecule has 0 bridgehead atoms. The monoisotopic (exact) mass is 219 g/mol. The molecule has 0 radical (unpaired) electrons. The highest BCUT2D eigenvalue weighted by atomic mass is 16.3. The van der Waals surface area contributed by atoms with Crippen LogP contribution in [0.2, 0.25) is 0 Å². The molecule has 4 nitrogen and oxygen atoms in total. The molecular formula is C12H17N3O. The van der Waals surface area contributed by atoms with E-state index in [1.165, 1.54) is 0 Å². The standard InChI is InChI=1S/C12H17N3O/c1-9-3-5-11(16-9)10(13)4-6-12-14-7-8-15(12)2/h3,5,7-8,10H,4,6,13H2,1-2H3. The number of aromatic nitrogens is 2. The van der Waals surface area contributed by atoms with E-state index in [4.69, 9.17) is 10.2 Å². The van der Waals surface area contributed by atoms with E-state index in [-0.39, 0.29) is 6.04 Å². The summed E-state index contributed by atoms with van der Waals surface area (Å²) in [6.07, 6.45) is 5.46. The van der Waals surface area contributed by atoms with Crippen molar-refractivity contribution < 1.29 is 4.42 Å². The van der Waals surface area contributed by atoms with Crippen molar-refractivity contribution in [3.8, 4) is 0 Å². The summed E-state index contributed by atoms with van der Waals surface area (Å²) in [4.78, 5) is 4.26. The molecule has 2 heterocycles. The topological polar surface area (TPSA) is 57.0 Å². The lowest BCUT2D eigenvalue weighted by Crippen LogP contribution is -2.11. The Morgan fingerprint density at radius 2 is 2.31 bits per heavy atom. The van der Waals surface area contributed by atoms with Crippen LogP contribution < -0.4 is 5.73 Å².